The topological polar surface area (TPSA) is 74.4 Å². The van der Waals surface area contributed by atoms with E-state index < -0.39 is 6.10 Å². The summed E-state index contributed by atoms with van der Waals surface area (Å²) in [7, 11) is 0. The van der Waals surface area contributed by atoms with E-state index in [0.717, 1.165) is 18.8 Å². The van der Waals surface area contributed by atoms with Crippen LogP contribution in [0.1, 0.15) is 89.0 Å². The highest BCUT2D eigenvalue weighted by atomic mass is 16.3. The first-order valence-electron chi connectivity index (χ1n) is 8.25. The zero-order valence-electron chi connectivity index (χ0n) is 12.4. The van der Waals surface area contributed by atoms with Gasteiger partial charge in [0.15, 0.2) is 11.9 Å². The van der Waals surface area contributed by atoms with Gasteiger partial charge in [-0.3, -0.25) is 0 Å². The largest absolute Gasteiger partial charge is 0.240 e. The Kier molecular flexibility index (Phi) is 6.98. The third kappa shape index (κ3) is 5.57. The minimum absolute atomic E-state index is 0.380. The summed E-state index contributed by atoms with van der Waals surface area (Å²) in [4.78, 5) is 0. The van der Waals surface area contributed by atoms with E-state index in [1.165, 1.54) is 57.8 Å². The molecule has 0 aliphatic heterocycles. The second-order valence-corrected chi connectivity index (χ2v) is 6.12. The van der Waals surface area contributed by atoms with Crippen LogP contribution in [0.2, 0.25) is 0 Å². The lowest BCUT2D eigenvalue weighted by atomic mass is 9.87. The Morgan fingerprint density at radius 2 is 1.80 bits per heavy atom. The number of nitrogens with one attached hydrogen (secondary N) is 1. The first kappa shape index (κ1) is 15.4. The molecular weight excluding hydrogens is 252 g/mol. The minimum Gasteiger partial charge on any atom is -0.240 e. The van der Waals surface area contributed by atoms with Gasteiger partial charge in [-0.1, -0.05) is 70.6 Å². The molecule has 1 aliphatic rings. The van der Waals surface area contributed by atoms with Crippen molar-refractivity contribution in [2.24, 2.45) is 5.92 Å². The zero-order chi connectivity index (χ0) is 14.0. The predicted molar refractivity (Wildman–Crippen MR) is 76.5 cm³/mol. The lowest BCUT2D eigenvalue weighted by Gasteiger charge is -2.19. The summed E-state index contributed by atoms with van der Waals surface area (Å²) in [5, 5.41) is 24.9. The molecular formula is C15H27N4O. The van der Waals surface area contributed by atoms with Gasteiger partial charge in [0, 0.05) is 0 Å². The van der Waals surface area contributed by atoms with Gasteiger partial charge < -0.3 is 0 Å². The molecule has 0 aromatic carbocycles. The van der Waals surface area contributed by atoms with Crippen molar-refractivity contribution in [1.82, 2.24) is 20.6 Å². The highest BCUT2D eigenvalue weighted by Gasteiger charge is 2.14. The zero-order valence-corrected chi connectivity index (χ0v) is 12.4. The molecule has 0 amide bonds. The highest BCUT2D eigenvalue weighted by Crippen LogP contribution is 2.27. The van der Waals surface area contributed by atoms with E-state index in [1.54, 1.807) is 0 Å². The second kappa shape index (κ2) is 9.06. The Labute approximate surface area is 121 Å². The second-order valence-electron chi connectivity index (χ2n) is 6.12. The summed E-state index contributed by atoms with van der Waals surface area (Å²) < 4.78 is 0. The monoisotopic (exact) mass is 279 g/mol. The molecule has 1 aromatic rings. The number of hydrogen-bond acceptors (Lipinski definition) is 3. The van der Waals surface area contributed by atoms with Gasteiger partial charge >= 0.3 is 0 Å². The van der Waals surface area contributed by atoms with Crippen LogP contribution in [0.15, 0.2) is 0 Å². The normalized spacial score (nSPS) is 19.4. The van der Waals surface area contributed by atoms with Gasteiger partial charge in [0.1, 0.15) is 0 Å². The Bertz CT molecular complexity index is 334. The van der Waals surface area contributed by atoms with E-state index in [-0.39, 0.29) is 0 Å². The summed E-state index contributed by atoms with van der Waals surface area (Å²) >= 11 is 0. The van der Waals surface area contributed by atoms with Crippen LogP contribution in [0.3, 0.4) is 0 Å². The van der Waals surface area contributed by atoms with E-state index in [4.69, 9.17) is 0 Å². The smallest absolute Gasteiger partial charge is 0.181 e. The van der Waals surface area contributed by atoms with Crippen molar-refractivity contribution in [2.45, 2.75) is 83.2 Å². The van der Waals surface area contributed by atoms with Crippen LogP contribution in [0.5, 0.6) is 0 Å². The molecule has 0 saturated heterocycles. The van der Waals surface area contributed by atoms with Crippen LogP contribution >= 0.6 is 0 Å². The fourth-order valence-corrected chi connectivity index (χ4v) is 3.21. The third-order valence-corrected chi connectivity index (χ3v) is 4.47. The molecule has 1 N–H and O–H groups in total. The summed E-state index contributed by atoms with van der Waals surface area (Å²) in [5.41, 5.74) is 0. The van der Waals surface area contributed by atoms with Gasteiger partial charge in [-0.15, -0.1) is 5.10 Å². The van der Waals surface area contributed by atoms with Crippen molar-refractivity contribution >= 4 is 0 Å². The summed E-state index contributed by atoms with van der Waals surface area (Å²) in [6.45, 7) is 0. The summed E-state index contributed by atoms with van der Waals surface area (Å²) in [5.74, 6) is 1.32. The maximum atomic E-state index is 11.8. The Balaban J connectivity index is 1.52. The standard InChI is InChI=1S/C15H27N4O/c20-14(15-16-18-19-17-15)12-8-4-7-11-13-9-5-2-1-3-6-10-13/h13-14H,1-12H2,(H,16,17,18,19). The SMILES string of the molecule is [O]C(CCCCCC1CCCCCCC1)c1nnn[nH]1. The molecule has 0 bridgehead atoms. The molecule has 1 fully saturated rings. The molecule has 1 atom stereocenters. The van der Waals surface area contributed by atoms with Gasteiger partial charge in [0.25, 0.3) is 0 Å². The van der Waals surface area contributed by atoms with Crippen LogP contribution in [0, 0.1) is 5.92 Å². The van der Waals surface area contributed by atoms with Gasteiger partial charge in [-0.25, -0.2) is 10.2 Å². The predicted octanol–water partition coefficient (Wildman–Crippen LogP) is 3.98. The molecule has 1 aliphatic carbocycles. The summed E-state index contributed by atoms with van der Waals surface area (Å²) in [6.07, 6.45) is 14.6. The minimum atomic E-state index is -0.786. The van der Waals surface area contributed by atoms with Gasteiger partial charge in [-0.2, -0.15) is 0 Å². The van der Waals surface area contributed by atoms with Crippen molar-refractivity contribution in [1.29, 1.82) is 0 Å². The molecule has 5 nitrogen and oxygen atoms in total. The van der Waals surface area contributed by atoms with E-state index in [2.05, 4.69) is 20.6 Å². The van der Waals surface area contributed by atoms with Crippen LogP contribution in [0.25, 0.3) is 0 Å². The molecule has 2 rings (SSSR count). The quantitative estimate of drug-likeness (QED) is 0.767. The number of aromatic nitrogens is 4. The number of nitrogens with zero attached hydrogens (tertiary/aromatic N) is 3. The number of hydrogen-bond donors (Lipinski definition) is 1. The van der Waals surface area contributed by atoms with Crippen molar-refractivity contribution in [3.63, 3.8) is 0 Å². The molecule has 1 saturated carbocycles. The number of H-pyrrole nitrogens is 1. The van der Waals surface area contributed by atoms with Crippen LogP contribution in [-0.4, -0.2) is 20.6 Å². The van der Waals surface area contributed by atoms with E-state index >= 15 is 0 Å². The molecule has 1 heterocycles. The van der Waals surface area contributed by atoms with E-state index in [9.17, 15) is 5.11 Å². The maximum Gasteiger partial charge on any atom is 0.181 e. The number of tetrazole rings is 1. The number of unbranched alkanes of at least 4 members (excludes halogenated alkanes) is 2. The molecule has 5 heteroatoms. The van der Waals surface area contributed by atoms with Crippen LogP contribution in [-0.2, 0) is 5.11 Å². The van der Waals surface area contributed by atoms with Crippen LogP contribution in [0.4, 0.5) is 0 Å². The van der Waals surface area contributed by atoms with Crippen LogP contribution < -0.4 is 0 Å². The van der Waals surface area contributed by atoms with E-state index in [0.29, 0.717) is 12.2 Å². The first-order chi connectivity index (χ1) is 9.86. The average molecular weight is 279 g/mol. The number of aromatic amines is 1. The average Bonchev–Trinajstić information content (AvgIpc) is 2.94. The maximum absolute atomic E-state index is 11.8. The molecule has 0 spiro atoms. The van der Waals surface area contributed by atoms with E-state index in [1.807, 2.05) is 0 Å². The molecule has 1 radical (unpaired) electrons. The van der Waals surface area contributed by atoms with Crippen molar-refractivity contribution in [3.8, 4) is 0 Å². The Morgan fingerprint density at radius 3 is 2.50 bits per heavy atom. The Hall–Kier alpha value is -0.970. The van der Waals surface area contributed by atoms with Gasteiger partial charge in [0.05, 0.1) is 0 Å². The third-order valence-electron chi connectivity index (χ3n) is 4.47. The fraction of sp³-hybridized carbons (Fsp3) is 0.933. The fourth-order valence-electron chi connectivity index (χ4n) is 3.21. The molecule has 113 valence electrons. The van der Waals surface area contributed by atoms with Crippen molar-refractivity contribution < 1.29 is 5.11 Å². The van der Waals surface area contributed by atoms with Crippen molar-refractivity contribution in [2.75, 3.05) is 0 Å². The molecule has 1 unspecified atom stereocenters. The first-order valence-corrected chi connectivity index (χ1v) is 8.25. The molecule has 1 aromatic heterocycles. The molecule has 20 heavy (non-hydrogen) atoms. The van der Waals surface area contributed by atoms with Gasteiger partial charge in [0.2, 0.25) is 0 Å². The number of rotatable bonds is 7. The lowest BCUT2D eigenvalue weighted by Crippen LogP contribution is -2.04. The van der Waals surface area contributed by atoms with Gasteiger partial charge in [-0.05, 0) is 22.8 Å². The highest BCUT2D eigenvalue weighted by molar-refractivity contribution is 4.82. The summed E-state index contributed by atoms with van der Waals surface area (Å²) in [6, 6.07) is 0. The van der Waals surface area contributed by atoms with Crippen molar-refractivity contribution in [3.05, 3.63) is 5.82 Å². The Morgan fingerprint density at radius 1 is 1.05 bits per heavy atom. The lowest BCUT2D eigenvalue weighted by molar-refractivity contribution is 0.0708.